The molecule has 2 aromatic rings. The lowest BCUT2D eigenvalue weighted by Crippen LogP contribution is -2.14. The Balaban J connectivity index is 2.22. The molecule has 1 N–H and O–H groups in total. The van der Waals surface area contributed by atoms with Crippen LogP contribution in [0.1, 0.15) is 23.9 Å². The van der Waals surface area contributed by atoms with E-state index in [1.54, 1.807) is 24.8 Å². The average Bonchev–Trinajstić information content (AvgIpc) is 2.97. The zero-order valence-electron chi connectivity index (χ0n) is 11.6. The van der Waals surface area contributed by atoms with Gasteiger partial charge < -0.3 is 14.6 Å². The summed E-state index contributed by atoms with van der Waals surface area (Å²) in [6.07, 6.45) is 4.77. The number of thiazole rings is 1. The molecule has 2 aromatic heterocycles. The normalized spacial score (nSPS) is 11.1. The van der Waals surface area contributed by atoms with E-state index < -0.39 is 0 Å². The summed E-state index contributed by atoms with van der Waals surface area (Å²) in [5, 5.41) is 4.42. The average molecular weight is 280 g/mol. The van der Waals surface area contributed by atoms with Crippen LogP contribution in [0.2, 0.25) is 0 Å². The lowest BCUT2D eigenvalue weighted by molar-refractivity contribution is 0.181. The molecule has 0 atom stereocenters. The second kappa shape index (κ2) is 6.79. The van der Waals surface area contributed by atoms with Gasteiger partial charge in [-0.3, -0.25) is 0 Å². The van der Waals surface area contributed by atoms with Gasteiger partial charge in [0.1, 0.15) is 5.01 Å². The molecule has 6 heteroatoms. The summed E-state index contributed by atoms with van der Waals surface area (Å²) in [5.41, 5.74) is 2.07. The first-order chi connectivity index (χ1) is 9.26. The molecule has 5 nitrogen and oxygen atoms in total. The molecule has 0 fully saturated rings. The predicted molar refractivity (Wildman–Crippen MR) is 77.0 cm³/mol. The van der Waals surface area contributed by atoms with Crippen LogP contribution in [0.4, 0.5) is 0 Å². The van der Waals surface area contributed by atoms with Crippen LogP contribution in [0, 0.1) is 0 Å². The van der Waals surface area contributed by atoms with Crippen molar-refractivity contribution in [2.24, 2.45) is 7.05 Å². The molecule has 2 heterocycles. The van der Waals surface area contributed by atoms with Crippen molar-refractivity contribution in [2.75, 3.05) is 13.7 Å². The molecule has 0 unspecified atom stereocenters. The molecule has 0 bridgehead atoms. The minimum atomic E-state index is 0.553. The standard InChI is InChI=1S/C13H20N4OS/c1-4-5-14-7-12-10(8-18-3)16-13(19-12)11-6-15-9-17(11)2/h6,9,14H,4-5,7-8H2,1-3H3. The maximum atomic E-state index is 5.23. The number of rotatable bonds is 7. The van der Waals surface area contributed by atoms with Crippen LogP contribution in [0.15, 0.2) is 12.5 Å². The van der Waals surface area contributed by atoms with Crippen LogP contribution in [0.5, 0.6) is 0 Å². The van der Waals surface area contributed by atoms with Gasteiger partial charge in [0.05, 0.1) is 30.5 Å². The fraction of sp³-hybridized carbons (Fsp3) is 0.538. The SMILES string of the molecule is CCCNCc1sc(-c2cncn2C)nc1COC. The second-order valence-electron chi connectivity index (χ2n) is 4.39. The Morgan fingerprint density at radius 1 is 1.47 bits per heavy atom. The van der Waals surface area contributed by atoms with Crippen molar-refractivity contribution < 1.29 is 4.74 Å². The fourth-order valence-corrected chi connectivity index (χ4v) is 2.91. The van der Waals surface area contributed by atoms with Crippen molar-refractivity contribution in [1.29, 1.82) is 0 Å². The Kier molecular flexibility index (Phi) is 5.07. The van der Waals surface area contributed by atoms with E-state index in [9.17, 15) is 0 Å². The number of hydrogen-bond donors (Lipinski definition) is 1. The largest absolute Gasteiger partial charge is 0.378 e. The highest BCUT2D eigenvalue weighted by atomic mass is 32.1. The van der Waals surface area contributed by atoms with E-state index in [4.69, 9.17) is 4.74 Å². The van der Waals surface area contributed by atoms with Gasteiger partial charge in [-0.05, 0) is 13.0 Å². The highest BCUT2D eigenvalue weighted by Crippen LogP contribution is 2.28. The summed E-state index contributed by atoms with van der Waals surface area (Å²) in [6.45, 7) is 4.59. The number of hydrogen-bond acceptors (Lipinski definition) is 5. The molecule has 0 aliphatic carbocycles. The number of methoxy groups -OCH3 is 1. The van der Waals surface area contributed by atoms with E-state index >= 15 is 0 Å². The maximum absolute atomic E-state index is 5.23. The van der Waals surface area contributed by atoms with Crippen molar-refractivity contribution in [2.45, 2.75) is 26.5 Å². The van der Waals surface area contributed by atoms with Gasteiger partial charge in [0.2, 0.25) is 0 Å². The first-order valence-corrected chi connectivity index (χ1v) is 7.22. The molecule has 0 amide bonds. The summed E-state index contributed by atoms with van der Waals surface area (Å²) >= 11 is 1.71. The molecular formula is C13H20N4OS. The molecule has 0 aromatic carbocycles. The van der Waals surface area contributed by atoms with E-state index in [0.29, 0.717) is 6.61 Å². The van der Waals surface area contributed by atoms with Gasteiger partial charge in [0.25, 0.3) is 0 Å². The molecule has 19 heavy (non-hydrogen) atoms. The summed E-state index contributed by atoms with van der Waals surface area (Å²) in [5.74, 6) is 0. The molecule has 0 aliphatic heterocycles. The molecule has 0 saturated carbocycles. The minimum Gasteiger partial charge on any atom is -0.378 e. The lowest BCUT2D eigenvalue weighted by atomic mass is 10.3. The Hall–Kier alpha value is -1.24. The van der Waals surface area contributed by atoms with Crippen molar-refractivity contribution >= 4 is 11.3 Å². The van der Waals surface area contributed by atoms with Crippen LogP contribution in [-0.2, 0) is 24.9 Å². The van der Waals surface area contributed by atoms with E-state index in [1.807, 2.05) is 17.8 Å². The van der Waals surface area contributed by atoms with Crippen molar-refractivity contribution in [3.63, 3.8) is 0 Å². The summed E-state index contributed by atoms with van der Waals surface area (Å²) < 4.78 is 7.21. The molecule has 0 saturated heterocycles. The third-order valence-corrected chi connectivity index (χ3v) is 3.93. The summed E-state index contributed by atoms with van der Waals surface area (Å²) in [4.78, 5) is 10.1. The Morgan fingerprint density at radius 3 is 2.95 bits per heavy atom. The van der Waals surface area contributed by atoms with Crippen molar-refractivity contribution in [3.05, 3.63) is 23.1 Å². The molecular weight excluding hydrogens is 260 g/mol. The van der Waals surface area contributed by atoms with Crippen LogP contribution in [0.3, 0.4) is 0 Å². The number of imidazole rings is 1. The molecule has 0 spiro atoms. The third-order valence-electron chi connectivity index (χ3n) is 2.81. The van der Waals surface area contributed by atoms with Gasteiger partial charge >= 0.3 is 0 Å². The van der Waals surface area contributed by atoms with Crippen molar-refractivity contribution in [1.82, 2.24) is 19.9 Å². The van der Waals surface area contributed by atoms with Crippen molar-refractivity contribution in [3.8, 4) is 10.7 Å². The number of aromatic nitrogens is 3. The Labute approximate surface area is 117 Å². The summed E-state index contributed by atoms with van der Waals surface area (Å²) in [6, 6.07) is 0. The Morgan fingerprint density at radius 2 is 2.32 bits per heavy atom. The monoisotopic (exact) mass is 280 g/mol. The summed E-state index contributed by atoms with van der Waals surface area (Å²) in [7, 11) is 3.68. The van der Waals surface area contributed by atoms with Gasteiger partial charge in [-0.2, -0.15) is 0 Å². The number of aryl methyl sites for hydroxylation is 1. The van der Waals surface area contributed by atoms with E-state index in [1.165, 1.54) is 4.88 Å². The molecule has 104 valence electrons. The zero-order chi connectivity index (χ0) is 13.7. The topological polar surface area (TPSA) is 52.0 Å². The van der Waals surface area contributed by atoms with Crippen LogP contribution >= 0.6 is 11.3 Å². The Bertz CT molecular complexity index is 520. The van der Waals surface area contributed by atoms with Crippen LogP contribution in [-0.4, -0.2) is 28.2 Å². The maximum Gasteiger partial charge on any atom is 0.142 e. The van der Waals surface area contributed by atoms with Gasteiger partial charge in [0, 0.05) is 25.6 Å². The molecule has 0 aliphatic rings. The molecule has 2 rings (SSSR count). The quantitative estimate of drug-likeness (QED) is 0.790. The highest BCUT2D eigenvalue weighted by Gasteiger charge is 2.14. The fourth-order valence-electron chi connectivity index (χ4n) is 1.82. The number of nitrogens with one attached hydrogen (secondary N) is 1. The lowest BCUT2D eigenvalue weighted by Gasteiger charge is -2.02. The minimum absolute atomic E-state index is 0.553. The number of ether oxygens (including phenoxy) is 1. The number of nitrogens with zero attached hydrogens (tertiary/aromatic N) is 3. The van der Waals surface area contributed by atoms with Crippen LogP contribution < -0.4 is 5.32 Å². The van der Waals surface area contributed by atoms with Gasteiger partial charge in [0.15, 0.2) is 0 Å². The van der Waals surface area contributed by atoms with Gasteiger partial charge in [-0.25, -0.2) is 9.97 Å². The molecule has 0 radical (unpaired) electrons. The third kappa shape index (κ3) is 3.40. The second-order valence-corrected chi connectivity index (χ2v) is 5.47. The smallest absolute Gasteiger partial charge is 0.142 e. The highest BCUT2D eigenvalue weighted by molar-refractivity contribution is 7.15. The van der Waals surface area contributed by atoms with E-state index in [0.717, 1.165) is 35.9 Å². The van der Waals surface area contributed by atoms with Crippen LogP contribution in [0.25, 0.3) is 10.7 Å². The first kappa shape index (κ1) is 14.2. The van der Waals surface area contributed by atoms with E-state index in [2.05, 4.69) is 22.2 Å². The van der Waals surface area contributed by atoms with Gasteiger partial charge in [-0.15, -0.1) is 11.3 Å². The van der Waals surface area contributed by atoms with E-state index in [-0.39, 0.29) is 0 Å². The zero-order valence-corrected chi connectivity index (χ0v) is 12.5. The predicted octanol–water partition coefficient (Wildman–Crippen LogP) is 2.19. The first-order valence-electron chi connectivity index (χ1n) is 6.41. The van der Waals surface area contributed by atoms with Gasteiger partial charge in [-0.1, -0.05) is 6.92 Å².